The number of pyridine rings is 1. The number of nitrogens with zero attached hydrogens (tertiary/aromatic N) is 2. The third-order valence-corrected chi connectivity index (χ3v) is 7.30. The van der Waals surface area contributed by atoms with E-state index in [4.69, 9.17) is 0 Å². The quantitative estimate of drug-likeness (QED) is 0.489. The van der Waals surface area contributed by atoms with Gasteiger partial charge in [0.25, 0.3) is 5.56 Å². The summed E-state index contributed by atoms with van der Waals surface area (Å²) in [6.07, 6.45) is 4.64. The highest BCUT2D eigenvalue weighted by Gasteiger charge is 2.41. The number of carbonyl (C=O) groups is 1. The number of benzene rings is 1. The van der Waals surface area contributed by atoms with Gasteiger partial charge in [0.05, 0.1) is 11.3 Å². The van der Waals surface area contributed by atoms with Crippen LogP contribution in [0.5, 0.6) is 0 Å². The summed E-state index contributed by atoms with van der Waals surface area (Å²) in [6, 6.07) is 17.4. The van der Waals surface area contributed by atoms with Crippen molar-refractivity contribution in [1.29, 1.82) is 0 Å². The van der Waals surface area contributed by atoms with Crippen molar-refractivity contribution in [2.75, 3.05) is 5.32 Å². The third-order valence-electron chi connectivity index (χ3n) is 6.27. The molecule has 32 heavy (non-hydrogen) atoms. The lowest BCUT2D eigenvalue weighted by molar-refractivity contribution is -0.116. The predicted octanol–water partition coefficient (Wildman–Crippen LogP) is 4.58. The second kappa shape index (κ2) is 7.46. The monoisotopic (exact) mass is 440 g/mol. The average Bonchev–Trinajstić information content (AvgIpc) is 3.47. The third kappa shape index (κ3) is 2.97. The van der Waals surface area contributed by atoms with E-state index in [9.17, 15) is 9.59 Å². The Hall–Kier alpha value is -3.71. The molecule has 0 fully saturated rings. The second-order valence-corrected chi connectivity index (χ2v) is 9.14. The first kappa shape index (κ1) is 19.0. The van der Waals surface area contributed by atoms with E-state index in [2.05, 4.69) is 21.5 Å². The Balaban J connectivity index is 1.53. The van der Waals surface area contributed by atoms with Crippen LogP contribution in [-0.2, 0) is 4.79 Å². The number of allylic oxidation sites excluding steroid dienone is 2. The van der Waals surface area contributed by atoms with Crippen LogP contribution in [0.3, 0.4) is 0 Å². The molecule has 6 nitrogen and oxygen atoms in total. The van der Waals surface area contributed by atoms with Crippen LogP contribution in [-0.4, -0.2) is 20.5 Å². The summed E-state index contributed by atoms with van der Waals surface area (Å²) in [4.78, 5) is 32.5. The zero-order valence-corrected chi connectivity index (χ0v) is 17.9. The van der Waals surface area contributed by atoms with Gasteiger partial charge in [0.15, 0.2) is 5.78 Å². The minimum Gasteiger partial charge on any atom is -0.343 e. The molecule has 1 aliphatic heterocycles. The Morgan fingerprint density at radius 3 is 2.62 bits per heavy atom. The van der Waals surface area contributed by atoms with Gasteiger partial charge in [0.1, 0.15) is 5.82 Å². The Morgan fingerprint density at radius 2 is 1.88 bits per heavy atom. The molecule has 2 aliphatic rings. The normalized spacial score (nSPS) is 19.9. The van der Waals surface area contributed by atoms with Crippen molar-refractivity contribution in [3.8, 4) is 5.69 Å². The van der Waals surface area contributed by atoms with Gasteiger partial charge >= 0.3 is 0 Å². The number of para-hydroxylation sites is 1. The number of thiophene rings is 1. The van der Waals surface area contributed by atoms with E-state index in [1.165, 1.54) is 4.88 Å². The summed E-state index contributed by atoms with van der Waals surface area (Å²) >= 11 is 1.68. The van der Waals surface area contributed by atoms with Gasteiger partial charge < -0.3 is 5.32 Å². The van der Waals surface area contributed by atoms with Gasteiger partial charge in [-0.05, 0) is 41.6 Å². The molecule has 1 aromatic carbocycles. The maximum atomic E-state index is 13.6. The van der Waals surface area contributed by atoms with Gasteiger partial charge in [-0.1, -0.05) is 30.3 Å². The minimum absolute atomic E-state index is 0.0866. The number of rotatable bonds is 3. The molecule has 0 spiro atoms. The van der Waals surface area contributed by atoms with Crippen molar-refractivity contribution in [3.05, 3.63) is 110 Å². The number of Topliss-reactive ketones (excluding diaryl/α,β-unsaturated/α-hetero) is 1. The number of fused-ring (bicyclic) bond motifs is 1. The number of carbonyl (C=O) groups excluding carboxylic acids is 1. The fourth-order valence-electron chi connectivity index (χ4n) is 4.86. The van der Waals surface area contributed by atoms with Gasteiger partial charge in [0.2, 0.25) is 0 Å². The molecule has 7 heteroatoms. The minimum atomic E-state index is -0.444. The first-order valence-electron chi connectivity index (χ1n) is 10.6. The fourth-order valence-corrected chi connectivity index (χ4v) is 5.69. The Labute approximate surface area is 188 Å². The number of aromatic nitrogens is 3. The molecule has 0 saturated heterocycles. The highest BCUT2D eigenvalue weighted by molar-refractivity contribution is 7.10. The molecule has 0 unspecified atom stereocenters. The van der Waals surface area contributed by atoms with Gasteiger partial charge in [-0.3, -0.25) is 19.7 Å². The second-order valence-electron chi connectivity index (χ2n) is 8.16. The summed E-state index contributed by atoms with van der Waals surface area (Å²) in [6.45, 7) is 0. The SMILES string of the molecule is O=C1C[C@@H](c2cccs2)CC2=C1[C@H](c1cccnc1)c1c([nH]n(-c3ccccc3)c1=O)N2. The zero-order valence-electron chi connectivity index (χ0n) is 17.1. The Kier molecular flexibility index (Phi) is 4.43. The molecular weight excluding hydrogens is 420 g/mol. The van der Waals surface area contributed by atoms with Gasteiger partial charge in [-0.15, -0.1) is 11.3 Å². The van der Waals surface area contributed by atoms with Gasteiger partial charge in [-0.2, -0.15) is 0 Å². The average molecular weight is 441 g/mol. The molecule has 4 heterocycles. The van der Waals surface area contributed by atoms with Crippen LogP contribution in [0.1, 0.15) is 40.7 Å². The molecule has 158 valence electrons. The van der Waals surface area contributed by atoms with Crippen molar-refractivity contribution in [2.24, 2.45) is 0 Å². The molecule has 0 amide bonds. The number of hydrogen-bond acceptors (Lipinski definition) is 5. The number of anilines is 1. The summed E-state index contributed by atoms with van der Waals surface area (Å²) in [7, 11) is 0. The zero-order chi connectivity index (χ0) is 21.7. The smallest absolute Gasteiger partial charge is 0.277 e. The number of H-pyrrole nitrogens is 1. The van der Waals surface area contributed by atoms with Crippen molar-refractivity contribution < 1.29 is 4.79 Å². The maximum absolute atomic E-state index is 13.6. The predicted molar refractivity (Wildman–Crippen MR) is 124 cm³/mol. The molecule has 4 aromatic rings. The molecule has 1 aliphatic carbocycles. The number of aromatic amines is 1. The molecule has 3 aromatic heterocycles. The van der Waals surface area contributed by atoms with Crippen molar-refractivity contribution >= 4 is 22.9 Å². The summed E-state index contributed by atoms with van der Waals surface area (Å²) in [5.41, 5.74) is 3.58. The van der Waals surface area contributed by atoms with E-state index in [-0.39, 0.29) is 17.3 Å². The van der Waals surface area contributed by atoms with Crippen LogP contribution in [0.15, 0.2) is 88.4 Å². The summed E-state index contributed by atoms with van der Waals surface area (Å²) < 4.78 is 1.54. The number of ketones is 1. The van der Waals surface area contributed by atoms with Gasteiger partial charge in [0, 0.05) is 46.8 Å². The van der Waals surface area contributed by atoms with Crippen LogP contribution in [0.2, 0.25) is 0 Å². The standard InChI is InChI=1S/C25H20N4O2S/c30-19-13-16(20-9-5-11-32-20)12-18-22(19)21(15-6-4-10-26-14-15)23-24(27-18)28-29(25(23)31)17-7-2-1-3-8-17/h1-11,14,16,21,27-28H,12-13H2/t16-,21-/m0/s1. The van der Waals surface area contributed by atoms with Gasteiger partial charge in [-0.25, -0.2) is 4.68 Å². The molecule has 0 bridgehead atoms. The van der Waals surface area contributed by atoms with Crippen molar-refractivity contribution in [2.45, 2.75) is 24.7 Å². The topological polar surface area (TPSA) is 79.8 Å². The highest BCUT2D eigenvalue weighted by Crippen LogP contribution is 2.47. The van der Waals surface area contributed by atoms with Crippen LogP contribution in [0, 0.1) is 0 Å². The molecule has 0 radical (unpaired) electrons. The first-order valence-corrected chi connectivity index (χ1v) is 11.5. The lowest BCUT2D eigenvalue weighted by Crippen LogP contribution is -2.31. The fraction of sp³-hybridized carbons (Fsp3) is 0.160. The lowest BCUT2D eigenvalue weighted by atomic mass is 9.74. The first-order chi connectivity index (χ1) is 15.7. The largest absolute Gasteiger partial charge is 0.343 e. The van der Waals surface area contributed by atoms with E-state index in [0.717, 1.165) is 23.4 Å². The summed E-state index contributed by atoms with van der Waals surface area (Å²) in [5.74, 6) is 0.433. The van der Waals surface area contributed by atoms with E-state index < -0.39 is 5.92 Å². The number of hydrogen-bond donors (Lipinski definition) is 2. The lowest BCUT2D eigenvalue weighted by Gasteiger charge is -2.34. The van der Waals surface area contributed by atoms with Crippen LogP contribution in [0.4, 0.5) is 5.82 Å². The van der Waals surface area contributed by atoms with E-state index in [1.807, 2.05) is 53.9 Å². The van der Waals surface area contributed by atoms with Crippen LogP contribution >= 0.6 is 11.3 Å². The van der Waals surface area contributed by atoms with E-state index in [0.29, 0.717) is 23.4 Å². The maximum Gasteiger partial charge on any atom is 0.277 e. The van der Waals surface area contributed by atoms with Crippen molar-refractivity contribution in [3.63, 3.8) is 0 Å². The summed E-state index contributed by atoms with van der Waals surface area (Å²) in [5, 5.41) is 8.71. The van der Waals surface area contributed by atoms with Crippen molar-refractivity contribution in [1.82, 2.24) is 14.8 Å². The molecule has 2 atom stereocenters. The van der Waals surface area contributed by atoms with Crippen LogP contribution < -0.4 is 10.9 Å². The highest BCUT2D eigenvalue weighted by atomic mass is 32.1. The molecule has 0 saturated carbocycles. The molecule has 6 rings (SSSR count). The van der Waals surface area contributed by atoms with Crippen LogP contribution in [0.25, 0.3) is 5.69 Å². The molecule has 2 N–H and O–H groups in total. The Morgan fingerprint density at radius 1 is 1.00 bits per heavy atom. The van der Waals surface area contributed by atoms with E-state index in [1.54, 1.807) is 28.4 Å². The Bertz CT molecular complexity index is 1380. The number of nitrogens with one attached hydrogen (secondary N) is 2. The molecular formula is C25H20N4O2S. The van der Waals surface area contributed by atoms with E-state index >= 15 is 0 Å².